The molecule has 0 saturated carbocycles. The topological polar surface area (TPSA) is 80.6 Å². The second-order valence-corrected chi connectivity index (χ2v) is 11.1. The second kappa shape index (κ2) is 8.80. The molecule has 0 aliphatic rings. The number of fused-ring (bicyclic) bond motifs is 2. The largest absolute Gasteiger partial charge is 0.346 e. The molecule has 0 aliphatic carbocycles. The first-order chi connectivity index (χ1) is 15.2. The lowest BCUT2D eigenvalue weighted by Crippen LogP contribution is -2.12. The number of H-pyrrole nitrogens is 1. The smallest absolute Gasteiger partial charge is 0.269 e. The first-order valence-corrected chi connectivity index (χ1v) is 12.7. The summed E-state index contributed by atoms with van der Waals surface area (Å²) in [4.78, 5) is 11.8. The zero-order chi connectivity index (χ0) is 23.0. The first kappa shape index (κ1) is 22.7. The number of aromatic nitrogens is 4. The van der Waals surface area contributed by atoms with Gasteiger partial charge in [0.25, 0.3) is 10.0 Å². The standard InChI is InChI=1S/C15H13BrN2O2S.C8H7BrN2/c1-10-3-5-13(6-4-10)21(19,20)18-9-11(2)14-7-12(16)8-17-15(14)18;1-5-3-10-8-7(5)2-6(9)4-11-8/h3-9H,1-2H3;2-4H,1H3,(H,10,11). The summed E-state index contributed by atoms with van der Waals surface area (Å²) >= 11 is 6.73. The minimum absolute atomic E-state index is 0.259. The van der Waals surface area contributed by atoms with Crippen molar-refractivity contribution in [3.05, 3.63) is 86.8 Å². The highest BCUT2D eigenvalue weighted by Gasteiger charge is 2.21. The van der Waals surface area contributed by atoms with E-state index in [1.54, 1.807) is 42.9 Å². The van der Waals surface area contributed by atoms with Gasteiger partial charge in [-0.2, -0.15) is 0 Å². The summed E-state index contributed by atoms with van der Waals surface area (Å²) in [6, 6.07) is 10.7. The van der Waals surface area contributed by atoms with Gasteiger partial charge >= 0.3 is 0 Å². The fraction of sp³-hybridized carbons (Fsp3) is 0.130. The summed E-state index contributed by atoms with van der Waals surface area (Å²) in [7, 11) is -3.64. The van der Waals surface area contributed by atoms with Crippen LogP contribution in [0.5, 0.6) is 0 Å². The minimum Gasteiger partial charge on any atom is -0.346 e. The molecule has 0 bridgehead atoms. The van der Waals surface area contributed by atoms with E-state index in [-0.39, 0.29) is 4.90 Å². The van der Waals surface area contributed by atoms with Crippen LogP contribution in [0, 0.1) is 20.8 Å². The summed E-state index contributed by atoms with van der Waals surface area (Å²) in [5.41, 5.74) is 4.51. The molecule has 32 heavy (non-hydrogen) atoms. The molecule has 6 nitrogen and oxygen atoms in total. The summed E-state index contributed by atoms with van der Waals surface area (Å²) in [6.45, 7) is 5.86. The number of aromatic amines is 1. The van der Waals surface area contributed by atoms with Crippen molar-refractivity contribution in [2.75, 3.05) is 0 Å². The van der Waals surface area contributed by atoms with Crippen molar-refractivity contribution in [2.45, 2.75) is 25.7 Å². The molecule has 0 unspecified atom stereocenters. The molecule has 9 heteroatoms. The summed E-state index contributed by atoms with van der Waals surface area (Å²) < 4.78 is 28.6. The minimum atomic E-state index is -3.64. The van der Waals surface area contributed by atoms with E-state index in [2.05, 4.69) is 59.8 Å². The lowest BCUT2D eigenvalue weighted by molar-refractivity contribution is 0.588. The maximum Gasteiger partial charge on any atom is 0.269 e. The van der Waals surface area contributed by atoms with Gasteiger partial charge in [-0.25, -0.2) is 22.4 Å². The molecule has 0 fully saturated rings. The molecule has 4 heterocycles. The highest BCUT2D eigenvalue weighted by molar-refractivity contribution is 9.10. The number of halogens is 2. The molecule has 0 radical (unpaired) electrons. The maximum absolute atomic E-state index is 12.8. The number of nitrogens with one attached hydrogen (secondary N) is 1. The zero-order valence-electron chi connectivity index (χ0n) is 17.6. The van der Waals surface area contributed by atoms with Crippen LogP contribution >= 0.6 is 31.9 Å². The van der Waals surface area contributed by atoms with Crippen LogP contribution in [-0.2, 0) is 10.0 Å². The SMILES string of the molecule is Cc1c[nH]c2ncc(Br)cc12.Cc1ccc(S(=O)(=O)n2cc(C)c3cc(Br)cnc32)cc1. The Morgan fingerprint density at radius 2 is 1.50 bits per heavy atom. The van der Waals surface area contributed by atoms with Crippen LogP contribution in [0.3, 0.4) is 0 Å². The first-order valence-electron chi connectivity index (χ1n) is 9.71. The average Bonchev–Trinajstić information content (AvgIpc) is 3.29. The molecule has 0 amide bonds. The Morgan fingerprint density at radius 1 is 0.875 bits per heavy atom. The van der Waals surface area contributed by atoms with Gasteiger partial charge in [0.05, 0.1) is 4.90 Å². The fourth-order valence-electron chi connectivity index (χ4n) is 3.32. The molecule has 5 rings (SSSR count). The molecular formula is C23H20Br2N4O2S. The Bertz CT molecular complexity index is 1540. The van der Waals surface area contributed by atoms with Crippen LogP contribution in [0.4, 0.5) is 0 Å². The third-order valence-electron chi connectivity index (χ3n) is 5.06. The average molecular weight is 576 g/mol. The normalized spacial score (nSPS) is 11.5. The van der Waals surface area contributed by atoms with E-state index >= 15 is 0 Å². The fourth-order valence-corrected chi connectivity index (χ4v) is 5.36. The lowest BCUT2D eigenvalue weighted by atomic mass is 10.2. The van der Waals surface area contributed by atoms with Crippen LogP contribution in [-0.4, -0.2) is 27.3 Å². The Labute approximate surface area is 203 Å². The van der Waals surface area contributed by atoms with Crippen molar-refractivity contribution in [3.8, 4) is 0 Å². The van der Waals surface area contributed by atoms with Crippen molar-refractivity contribution in [3.63, 3.8) is 0 Å². The second-order valence-electron chi connectivity index (χ2n) is 7.47. The van der Waals surface area contributed by atoms with Crippen LogP contribution < -0.4 is 0 Å². The van der Waals surface area contributed by atoms with Gasteiger partial charge in [-0.05, 0) is 88.0 Å². The van der Waals surface area contributed by atoms with Crippen molar-refractivity contribution in [1.29, 1.82) is 0 Å². The van der Waals surface area contributed by atoms with Crippen molar-refractivity contribution in [1.82, 2.24) is 18.9 Å². The number of rotatable bonds is 2. The molecule has 0 spiro atoms. The summed E-state index contributed by atoms with van der Waals surface area (Å²) in [6.07, 6.45) is 6.96. The van der Waals surface area contributed by atoms with Gasteiger partial charge in [0, 0.05) is 44.5 Å². The van der Waals surface area contributed by atoms with Gasteiger partial charge < -0.3 is 4.98 Å². The summed E-state index contributed by atoms with van der Waals surface area (Å²) in [5.74, 6) is 0. The van der Waals surface area contributed by atoms with Gasteiger partial charge in [0.1, 0.15) is 5.65 Å². The van der Waals surface area contributed by atoms with Crippen LogP contribution in [0.1, 0.15) is 16.7 Å². The van der Waals surface area contributed by atoms with Crippen LogP contribution in [0.25, 0.3) is 22.1 Å². The highest BCUT2D eigenvalue weighted by atomic mass is 79.9. The Morgan fingerprint density at radius 3 is 2.19 bits per heavy atom. The number of hydrogen-bond donors (Lipinski definition) is 1. The maximum atomic E-state index is 12.8. The molecular weight excluding hydrogens is 556 g/mol. The third-order valence-corrected chi connectivity index (χ3v) is 7.59. The lowest BCUT2D eigenvalue weighted by Gasteiger charge is -2.07. The highest BCUT2D eigenvalue weighted by Crippen LogP contribution is 2.26. The molecule has 0 aliphatic heterocycles. The van der Waals surface area contributed by atoms with E-state index < -0.39 is 10.0 Å². The Kier molecular flexibility index (Phi) is 6.24. The number of benzene rings is 1. The molecule has 0 atom stereocenters. The van der Waals surface area contributed by atoms with Crippen molar-refractivity contribution >= 4 is 63.9 Å². The van der Waals surface area contributed by atoms with Gasteiger partial charge in [-0.1, -0.05) is 17.7 Å². The van der Waals surface area contributed by atoms with Gasteiger partial charge in [-0.15, -0.1) is 0 Å². The zero-order valence-corrected chi connectivity index (χ0v) is 21.6. The predicted molar refractivity (Wildman–Crippen MR) is 134 cm³/mol. The molecule has 164 valence electrons. The van der Waals surface area contributed by atoms with Crippen molar-refractivity contribution < 1.29 is 8.42 Å². The van der Waals surface area contributed by atoms with E-state index in [1.165, 1.54) is 14.9 Å². The molecule has 0 saturated heterocycles. The van der Waals surface area contributed by atoms with E-state index in [9.17, 15) is 8.42 Å². The van der Waals surface area contributed by atoms with Gasteiger partial charge in [0.15, 0.2) is 5.65 Å². The Hall–Kier alpha value is -2.49. The van der Waals surface area contributed by atoms with Crippen molar-refractivity contribution in [2.24, 2.45) is 0 Å². The molecule has 1 N–H and O–H groups in total. The number of pyridine rings is 2. The third kappa shape index (κ3) is 4.37. The van der Waals surface area contributed by atoms with Gasteiger partial charge in [-0.3, -0.25) is 0 Å². The summed E-state index contributed by atoms with van der Waals surface area (Å²) in [5, 5.41) is 2.00. The Balaban J connectivity index is 0.000000186. The van der Waals surface area contributed by atoms with Crippen LogP contribution in [0.15, 0.2) is 75.0 Å². The molecule has 5 aromatic rings. The monoisotopic (exact) mass is 574 g/mol. The quantitative estimate of drug-likeness (QED) is 0.268. The van der Waals surface area contributed by atoms with Crippen LogP contribution in [0.2, 0.25) is 0 Å². The van der Waals surface area contributed by atoms with E-state index in [1.807, 2.05) is 26.1 Å². The van der Waals surface area contributed by atoms with E-state index in [0.29, 0.717) is 5.65 Å². The van der Waals surface area contributed by atoms with E-state index in [0.717, 1.165) is 31.1 Å². The number of nitrogens with zero attached hydrogens (tertiary/aromatic N) is 3. The van der Waals surface area contributed by atoms with E-state index in [4.69, 9.17) is 0 Å². The molecule has 4 aromatic heterocycles. The molecule has 1 aromatic carbocycles. The number of aryl methyl sites for hydroxylation is 3. The van der Waals surface area contributed by atoms with Gasteiger partial charge in [0.2, 0.25) is 0 Å². The number of hydrogen-bond acceptors (Lipinski definition) is 4. The predicted octanol–water partition coefficient (Wildman–Crippen LogP) is 6.29.